The molecule has 170 valence electrons. The number of hydrazine groups is 1. The molecule has 2 amide bonds. The summed E-state index contributed by atoms with van der Waals surface area (Å²) in [4.78, 5) is 24.4. The summed E-state index contributed by atoms with van der Waals surface area (Å²) < 4.78 is 36.9. The van der Waals surface area contributed by atoms with E-state index < -0.39 is 28.4 Å². The average Bonchev–Trinajstić information content (AvgIpc) is 3.19. The fourth-order valence-corrected chi connectivity index (χ4v) is 5.19. The Hall–Kier alpha value is -2.34. The lowest BCUT2D eigenvalue weighted by atomic mass is 10.2. The summed E-state index contributed by atoms with van der Waals surface area (Å²) in [6, 6.07) is 7.45. The number of unbranched alkanes of at least 4 members (excludes halogenated alkanes) is 1. The molecule has 0 bridgehead atoms. The van der Waals surface area contributed by atoms with Gasteiger partial charge in [-0.05, 0) is 36.8 Å². The van der Waals surface area contributed by atoms with Crippen LogP contribution in [0.2, 0.25) is 4.34 Å². The van der Waals surface area contributed by atoms with Gasteiger partial charge in [-0.25, -0.2) is 8.42 Å². The van der Waals surface area contributed by atoms with Crippen molar-refractivity contribution in [3.8, 4) is 11.5 Å². The Balaban J connectivity index is 1.93. The summed E-state index contributed by atoms with van der Waals surface area (Å²) in [6.07, 6.45) is 1.88. The number of benzene rings is 1. The van der Waals surface area contributed by atoms with Gasteiger partial charge in [-0.15, -0.1) is 11.3 Å². The molecule has 0 aliphatic rings. The minimum absolute atomic E-state index is 0.0187. The summed E-state index contributed by atoms with van der Waals surface area (Å²) in [7, 11) is -1.15. The predicted octanol–water partition coefficient (Wildman–Crippen LogP) is 2.67. The van der Waals surface area contributed by atoms with Gasteiger partial charge in [0.15, 0.2) is 11.5 Å². The Morgan fingerprint density at radius 2 is 1.90 bits per heavy atom. The van der Waals surface area contributed by atoms with E-state index in [1.165, 1.54) is 38.4 Å². The monoisotopic (exact) mass is 489 g/mol. The summed E-state index contributed by atoms with van der Waals surface area (Å²) in [5.74, 6) is -0.413. The Bertz CT molecular complexity index is 1030. The molecule has 0 unspecified atom stereocenters. The van der Waals surface area contributed by atoms with E-state index >= 15 is 0 Å². The third-order valence-electron chi connectivity index (χ3n) is 4.08. The van der Waals surface area contributed by atoms with Crippen LogP contribution in [0, 0.1) is 0 Å². The highest BCUT2D eigenvalue weighted by molar-refractivity contribution is 7.91. The molecule has 0 aliphatic heterocycles. The van der Waals surface area contributed by atoms with Crippen LogP contribution in [0.5, 0.6) is 11.5 Å². The van der Waals surface area contributed by atoms with Crippen molar-refractivity contribution in [1.82, 2.24) is 15.2 Å². The predicted molar refractivity (Wildman–Crippen MR) is 118 cm³/mol. The second kappa shape index (κ2) is 11.3. The molecule has 31 heavy (non-hydrogen) atoms. The number of nitrogens with one attached hydrogen (secondary N) is 2. The number of sulfonamides is 1. The van der Waals surface area contributed by atoms with Crippen LogP contribution in [0.3, 0.4) is 0 Å². The first kappa shape index (κ1) is 24.9. The van der Waals surface area contributed by atoms with E-state index in [0.717, 1.165) is 28.5 Å². The number of methoxy groups -OCH3 is 1. The second-order valence-corrected chi connectivity index (χ2v) is 10.4. The first-order valence-electron chi connectivity index (χ1n) is 9.30. The van der Waals surface area contributed by atoms with Crippen molar-refractivity contribution in [2.75, 3.05) is 27.3 Å². The molecule has 0 aliphatic carbocycles. The molecule has 1 aromatic heterocycles. The van der Waals surface area contributed by atoms with E-state index in [1.807, 2.05) is 6.92 Å². The van der Waals surface area contributed by atoms with E-state index in [2.05, 4.69) is 10.9 Å². The number of amides is 2. The minimum Gasteiger partial charge on any atom is -0.493 e. The molecule has 2 aromatic rings. The van der Waals surface area contributed by atoms with E-state index in [1.54, 1.807) is 6.07 Å². The smallest absolute Gasteiger partial charge is 0.269 e. The average molecular weight is 490 g/mol. The molecular weight excluding hydrogens is 466 g/mol. The zero-order valence-electron chi connectivity index (χ0n) is 17.3. The van der Waals surface area contributed by atoms with Crippen LogP contribution >= 0.6 is 22.9 Å². The molecule has 0 saturated heterocycles. The molecule has 2 N–H and O–H groups in total. The Morgan fingerprint density at radius 1 is 1.16 bits per heavy atom. The molecule has 1 aromatic carbocycles. The Morgan fingerprint density at radius 3 is 2.52 bits per heavy atom. The largest absolute Gasteiger partial charge is 0.493 e. The minimum atomic E-state index is -3.86. The van der Waals surface area contributed by atoms with Gasteiger partial charge < -0.3 is 9.47 Å². The molecule has 1 heterocycles. The molecule has 12 heteroatoms. The number of nitrogens with zero attached hydrogens (tertiary/aromatic N) is 1. The zero-order valence-corrected chi connectivity index (χ0v) is 19.7. The van der Waals surface area contributed by atoms with Crippen LogP contribution in [0.4, 0.5) is 0 Å². The lowest BCUT2D eigenvalue weighted by molar-refractivity contribution is -0.121. The Kier molecular flexibility index (Phi) is 9.11. The number of rotatable bonds is 10. The number of thiophene rings is 1. The quantitative estimate of drug-likeness (QED) is 0.392. The molecule has 2 rings (SSSR count). The lowest BCUT2D eigenvalue weighted by Gasteiger charge is -2.16. The first-order valence-corrected chi connectivity index (χ1v) is 11.9. The summed E-state index contributed by atoms with van der Waals surface area (Å²) >= 11 is 6.66. The zero-order chi connectivity index (χ0) is 23.0. The summed E-state index contributed by atoms with van der Waals surface area (Å²) in [6.45, 7) is 2.08. The van der Waals surface area contributed by atoms with Crippen molar-refractivity contribution >= 4 is 44.8 Å². The number of halogens is 1. The molecular formula is C19H24ClN3O6S2. The van der Waals surface area contributed by atoms with E-state index in [4.69, 9.17) is 21.1 Å². The van der Waals surface area contributed by atoms with Gasteiger partial charge in [-0.3, -0.25) is 20.4 Å². The van der Waals surface area contributed by atoms with Gasteiger partial charge in [0, 0.05) is 12.6 Å². The van der Waals surface area contributed by atoms with Crippen LogP contribution < -0.4 is 20.3 Å². The maximum Gasteiger partial charge on any atom is 0.269 e. The van der Waals surface area contributed by atoms with E-state index in [0.29, 0.717) is 22.4 Å². The normalized spacial score (nSPS) is 11.3. The van der Waals surface area contributed by atoms with Gasteiger partial charge >= 0.3 is 0 Å². The van der Waals surface area contributed by atoms with Gasteiger partial charge in [0.2, 0.25) is 0 Å². The maximum absolute atomic E-state index is 12.4. The van der Waals surface area contributed by atoms with Crippen molar-refractivity contribution in [3.05, 3.63) is 40.2 Å². The molecule has 9 nitrogen and oxygen atoms in total. The van der Waals surface area contributed by atoms with E-state index in [9.17, 15) is 18.0 Å². The first-order chi connectivity index (χ1) is 14.7. The number of hydrogen-bond acceptors (Lipinski definition) is 7. The van der Waals surface area contributed by atoms with Gasteiger partial charge in [0.1, 0.15) is 4.21 Å². The fraction of sp³-hybridized carbons (Fsp3) is 0.368. The molecule has 0 spiro atoms. The van der Waals surface area contributed by atoms with E-state index in [-0.39, 0.29) is 9.77 Å². The van der Waals surface area contributed by atoms with Gasteiger partial charge in [-0.2, -0.15) is 4.31 Å². The lowest BCUT2D eigenvalue weighted by Crippen LogP contribution is -2.46. The molecule has 0 fully saturated rings. The van der Waals surface area contributed by atoms with Crippen molar-refractivity contribution < 1.29 is 27.5 Å². The van der Waals surface area contributed by atoms with Gasteiger partial charge in [-0.1, -0.05) is 24.9 Å². The number of carbonyl (C=O) groups is 2. The second-order valence-electron chi connectivity index (χ2n) is 6.39. The van der Waals surface area contributed by atoms with Crippen LogP contribution in [0.25, 0.3) is 0 Å². The fourth-order valence-electron chi connectivity index (χ4n) is 2.37. The highest BCUT2D eigenvalue weighted by Crippen LogP contribution is 2.28. The van der Waals surface area contributed by atoms with Gasteiger partial charge in [0.05, 0.1) is 24.6 Å². The Labute approximate surface area is 190 Å². The van der Waals surface area contributed by atoms with Crippen molar-refractivity contribution in [1.29, 1.82) is 0 Å². The van der Waals surface area contributed by atoms with Crippen LogP contribution in [0.15, 0.2) is 34.5 Å². The number of likely N-dealkylation sites (N-methyl/N-ethyl adjacent to an activating group) is 1. The number of carbonyl (C=O) groups excluding carboxylic acids is 2. The van der Waals surface area contributed by atoms with Crippen molar-refractivity contribution in [2.24, 2.45) is 0 Å². The number of hydrogen-bond donors (Lipinski definition) is 2. The summed E-state index contributed by atoms with van der Waals surface area (Å²) in [5, 5.41) is 0. The van der Waals surface area contributed by atoms with Crippen LogP contribution in [-0.2, 0) is 14.8 Å². The third kappa shape index (κ3) is 6.82. The van der Waals surface area contributed by atoms with Crippen LogP contribution in [0.1, 0.15) is 30.1 Å². The third-order valence-corrected chi connectivity index (χ3v) is 7.58. The number of ether oxygens (including phenoxy) is 2. The maximum atomic E-state index is 12.4. The van der Waals surface area contributed by atoms with Gasteiger partial charge in [0.25, 0.3) is 21.8 Å². The highest BCUT2D eigenvalue weighted by Gasteiger charge is 2.25. The SMILES string of the molecule is CCCCOc1ccc(C(=O)NNC(=O)CN(C)S(=O)(=O)c2ccc(Cl)s2)cc1OC. The molecule has 0 atom stereocenters. The van der Waals surface area contributed by atoms with Crippen LogP contribution in [-0.4, -0.2) is 51.8 Å². The molecule has 0 radical (unpaired) electrons. The highest BCUT2D eigenvalue weighted by atomic mass is 35.5. The molecule has 0 saturated carbocycles. The standard InChI is InChI=1S/C19H24ClN3O6S2/c1-4-5-10-29-14-7-6-13(11-15(14)28-3)19(25)22-21-17(24)12-23(2)31(26,27)18-9-8-16(20)30-18/h6-9,11H,4-5,10,12H2,1-3H3,(H,21,24)(H,22,25). The van der Waals surface area contributed by atoms with Crippen molar-refractivity contribution in [2.45, 2.75) is 24.0 Å². The summed E-state index contributed by atoms with van der Waals surface area (Å²) in [5.41, 5.74) is 4.67. The van der Waals surface area contributed by atoms with Crippen molar-refractivity contribution in [3.63, 3.8) is 0 Å². The topological polar surface area (TPSA) is 114 Å².